The third-order valence-electron chi connectivity index (χ3n) is 4.90. The summed E-state index contributed by atoms with van der Waals surface area (Å²) in [5.74, 6) is 0.427. The van der Waals surface area contributed by atoms with Crippen LogP contribution >= 0.6 is 11.3 Å². The number of hydrogen-bond acceptors (Lipinski definition) is 7. The summed E-state index contributed by atoms with van der Waals surface area (Å²) in [5, 5.41) is 11.0. The van der Waals surface area contributed by atoms with Crippen LogP contribution in [-0.4, -0.2) is 50.0 Å². The molecule has 0 radical (unpaired) electrons. The first-order valence-electron chi connectivity index (χ1n) is 9.59. The van der Waals surface area contributed by atoms with Crippen LogP contribution in [0.4, 0.5) is 5.69 Å². The van der Waals surface area contributed by atoms with Crippen molar-refractivity contribution < 1.29 is 17.6 Å². The number of nitrogens with one attached hydrogen (secondary N) is 1. The van der Waals surface area contributed by atoms with Crippen LogP contribution in [0.25, 0.3) is 0 Å². The molecule has 4 rings (SSSR count). The van der Waals surface area contributed by atoms with E-state index < -0.39 is 10.0 Å². The van der Waals surface area contributed by atoms with Crippen molar-refractivity contribution in [2.24, 2.45) is 5.10 Å². The van der Waals surface area contributed by atoms with E-state index in [2.05, 4.69) is 10.4 Å². The van der Waals surface area contributed by atoms with Gasteiger partial charge >= 0.3 is 0 Å². The van der Waals surface area contributed by atoms with Crippen LogP contribution in [0.3, 0.4) is 0 Å². The average Bonchev–Trinajstić information content (AvgIpc) is 3.52. The van der Waals surface area contributed by atoms with Crippen molar-refractivity contribution >= 4 is 38.7 Å². The van der Waals surface area contributed by atoms with Gasteiger partial charge in [-0.25, -0.2) is 17.7 Å². The number of benzene rings is 1. The predicted molar refractivity (Wildman–Crippen MR) is 120 cm³/mol. The molecule has 0 saturated carbocycles. The standard InChI is InChI=1S/C21H22N4O4S2/c1-24(2)31(27,28)16-7-3-6-15(12-16)22-14-21(26)25-18(19-8-4-10-29-19)13-17(23-25)20-9-5-11-30-20/h3-12,18,22H,13-14H2,1-2H3/t18-/m1/s1. The van der Waals surface area contributed by atoms with E-state index in [1.165, 1.54) is 31.2 Å². The number of hydrazone groups is 1. The topological polar surface area (TPSA) is 95.2 Å². The second kappa shape index (κ2) is 8.66. The van der Waals surface area contributed by atoms with E-state index in [1.807, 2.05) is 23.6 Å². The summed E-state index contributed by atoms with van der Waals surface area (Å²) in [6.07, 6.45) is 2.15. The molecular formula is C21H22N4O4S2. The molecule has 0 spiro atoms. The summed E-state index contributed by atoms with van der Waals surface area (Å²) < 4.78 is 31.4. The molecule has 3 aromatic rings. The van der Waals surface area contributed by atoms with Gasteiger partial charge in [-0.3, -0.25) is 4.79 Å². The second-order valence-corrected chi connectivity index (χ2v) is 10.3. The Morgan fingerprint density at radius 3 is 2.77 bits per heavy atom. The maximum Gasteiger partial charge on any atom is 0.262 e. The Morgan fingerprint density at radius 2 is 2.10 bits per heavy atom. The van der Waals surface area contributed by atoms with Crippen molar-refractivity contribution in [2.45, 2.75) is 17.4 Å². The van der Waals surface area contributed by atoms with E-state index in [0.717, 1.165) is 14.9 Å². The molecule has 2 aromatic heterocycles. The lowest BCUT2D eigenvalue weighted by molar-refractivity contribution is -0.131. The lowest BCUT2D eigenvalue weighted by atomic mass is 10.1. The molecule has 0 fully saturated rings. The van der Waals surface area contributed by atoms with Crippen LogP contribution in [0.5, 0.6) is 0 Å². The molecule has 1 N–H and O–H groups in total. The number of anilines is 1. The quantitative estimate of drug-likeness (QED) is 0.586. The van der Waals surface area contributed by atoms with Crippen LogP contribution in [0.1, 0.15) is 23.1 Å². The Labute approximate surface area is 184 Å². The molecule has 0 unspecified atom stereocenters. The Balaban J connectivity index is 1.52. The number of furan rings is 1. The fourth-order valence-electron chi connectivity index (χ4n) is 3.27. The summed E-state index contributed by atoms with van der Waals surface area (Å²) in [4.78, 5) is 14.2. The number of rotatable bonds is 7. The molecule has 1 aliphatic rings. The maximum atomic E-state index is 13.0. The van der Waals surface area contributed by atoms with Crippen LogP contribution in [0.2, 0.25) is 0 Å². The molecule has 31 heavy (non-hydrogen) atoms. The van der Waals surface area contributed by atoms with Crippen molar-refractivity contribution in [3.63, 3.8) is 0 Å². The fourth-order valence-corrected chi connectivity index (χ4v) is 4.94. The Morgan fingerprint density at radius 1 is 1.26 bits per heavy atom. The maximum absolute atomic E-state index is 13.0. The molecule has 0 bridgehead atoms. The second-order valence-electron chi connectivity index (χ2n) is 7.17. The van der Waals surface area contributed by atoms with Gasteiger partial charge in [0.15, 0.2) is 0 Å². The van der Waals surface area contributed by atoms with E-state index in [4.69, 9.17) is 4.42 Å². The van der Waals surface area contributed by atoms with Gasteiger partial charge in [0.25, 0.3) is 5.91 Å². The van der Waals surface area contributed by atoms with Gasteiger partial charge in [0, 0.05) is 26.2 Å². The van der Waals surface area contributed by atoms with Crippen molar-refractivity contribution in [2.75, 3.05) is 26.0 Å². The molecule has 1 aliphatic heterocycles. The van der Waals surface area contributed by atoms with Gasteiger partial charge in [0.2, 0.25) is 10.0 Å². The SMILES string of the molecule is CN(C)S(=O)(=O)c1cccc(NCC(=O)N2N=C(c3cccs3)C[C@@H]2c2ccco2)c1. The highest BCUT2D eigenvalue weighted by Crippen LogP contribution is 2.34. The van der Waals surface area contributed by atoms with Gasteiger partial charge in [0.1, 0.15) is 11.8 Å². The number of carbonyl (C=O) groups is 1. The van der Waals surface area contributed by atoms with Crippen molar-refractivity contribution in [1.82, 2.24) is 9.31 Å². The largest absolute Gasteiger partial charge is 0.467 e. The Hall–Kier alpha value is -2.95. The molecule has 0 saturated heterocycles. The minimum Gasteiger partial charge on any atom is -0.467 e. The van der Waals surface area contributed by atoms with Crippen LogP contribution < -0.4 is 5.32 Å². The van der Waals surface area contributed by atoms with Crippen molar-refractivity contribution in [3.8, 4) is 0 Å². The first-order valence-corrected chi connectivity index (χ1v) is 11.9. The summed E-state index contributed by atoms with van der Waals surface area (Å²) in [5.41, 5.74) is 1.37. The zero-order valence-corrected chi connectivity index (χ0v) is 18.7. The van der Waals surface area contributed by atoms with E-state index in [9.17, 15) is 13.2 Å². The summed E-state index contributed by atoms with van der Waals surface area (Å²) in [7, 11) is -0.607. The molecular weight excluding hydrogens is 436 g/mol. The predicted octanol–water partition coefficient (Wildman–Crippen LogP) is 3.38. The van der Waals surface area contributed by atoms with Gasteiger partial charge in [0.05, 0.1) is 28.3 Å². The number of carbonyl (C=O) groups excluding carboxylic acids is 1. The van der Waals surface area contributed by atoms with Crippen molar-refractivity contribution in [1.29, 1.82) is 0 Å². The monoisotopic (exact) mass is 458 g/mol. The third kappa shape index (κ3) is 4.41. The lowest BCUT2D eigenvalue weighted by Gasteiger charge is -2.20. The normalized spacial score (nSPS) is 16.5. The molecule has 8 nitrogen and oxygen atoms in total. The number of thiophene rings is 1. The molecule has 0 aliphatic carbocycles. The van der Waals surface area contributed by atoms with Crippen LogP contribution in [-0.2, 0) is 14.8 Å². The van der Waals surface area contributed by atoms with Crippen LogP contribution in [0, 0.1) is 0 Å². The molecule has 1 amide bonds. The zero-order chi connectivity index (χ0) is 22.0. The first kappa shape index (κ1) is 21.3. The summed E-state index contributed by atoms with van der Waals surface area (Å²) in [6, 6.07) is 13.6. The number of amides is 1. The molecule has 10 heteroatoms. The zero-order valence-electron chi connectivity index (χ0n) is 17.1. The Bertz CT molecular complexity index is 1190. The number of hydrogen-bond donors (Lipinski definition) is 1. The van der Waals surface area contributed by atoms with Gasteiger partial charge in [-0.15, -0.1) is 11.3 Å². The average molecular weight is 459 g/mol. The first-order chi connectivity index (χ1) is 14.9. The van der Waals surface area contributed by atoms with E-state index in [1.54, 1.807) is 35.8 Å². The Kier molecular flexibility index (Phi) is 5.94. The summed E-state index contributed by atoms with van der Waals surface area (Å²) >= 11 is 1.57. The van der Waals surface area contributed by atoms with Gasteiger partial charge < -0.3 is 9.73 Å². The molecule has 3 heterocycles. The highest BCUT2D eigenvalue weighted by Gasteiger charge is 2.35. The summed E-state index contributed by atoms with van der Waals surface area (Å²) in [6.45, 7) is -0.0378. The van der Waals surface area contributed by atoms with Gasteiger partial charge in [-0.1, -0.05) is 12.1 Å². The highest BCUT2D eigenvalue weighted by molar-refractivity contribution is 7.89. The van der Waals surface area contributed by atoms with Gasteiger partial charge in [-0.2, -0.15) is 5.10 Å². The van der Waals surface area contributed by atoms with E-state index >= 15 is 0 Å². The van der Waals surface area contributed by atoms with E-state index in [0.29, 0.717) is 17.9 Å². The fraction of sp³-hybridized carbons (Fsp3) is 0.238. The van der Waals surface area contributed by atoms with Crippen molar-refractivity contribution in [3.05, 3.63) is 70.8 Å². The van der Waals surface area contributed by atoms with E-state index in [-0.39, 0.29) is 23.4 Å². The minimum atomic E-state index is -3.56. The molecule has 1 aromatic carbocycles. The van der Waals surface area contributed by atoms with Crippen LogP contribution in [0.15, 0.2) is 74.6 Å². The highest BCUT2D eigenvalue weighted by atomic mass is 32.2. The minimum absolute atomic E-state index is 0.0378. The lowest BCUT2D eigenvalue weighted by Crippen LogP contribution is -2.32. The smallest absolute Gasteiger partial charge is 0.262 e. The number of sulfonamides is 1. The molecule has 1 atom stereocenters. The number of nitrogens with zero attached hydrogens (tertiary/aromatic N) is 3. The molecule has 162 valence electrons. The van der Waals surface area contributed by atoms with Gasteiger partial charge in [-0.05, 0) is 41.8 Å². The third-order valence-corrected chi connectivity index (χ3v) is 7.63.